The number of hydrogen-bond donors (Lipinski definition) is 2. The van der Waals surface area contributed by atoms with Crippen molar-refractivity contribution in [1.82, 2.24) is 19.9 Å². The van der Waals surface area contributed by atoms with Crippen molar-refractivity contribution >= 4 is 23.1 Å². The van der Waals surface area contributed by atoms with Gasteiger partial charge in [0, 0.05) is 30.8 Å². The van der Waals surface area contributed by atoms with Crippen molar-refractivity contribution in [3.05, 3.63) is 72.4 Å². The lowest BCUT2D eigenvalue weighted by molar-refractivity contribution is 0.922. The third-order valence-electron chi connectivity index (χ3n) is 3.34. The molecule has 1 aromatic carbocycles. The summed E-state index contributed by atoms with van der Waals surface area (Å²) in [7, 11) is 0. The van der Waals surface area contributed by atoms with Gasteiger partial charge in [-0.1, -0.05) is 18.2 Å². The van der Waals surface area contributed by atoms with Gasteiger partial charge in [0.05, 0.1) is 6.33 Å². The minimum atomic E-state index is 0.556. The second kappa shape index (κ2) is 7.02. The van der Waals surface area contributed by atoms with Crippen LogP contribution in [0.5, 0.6) is 0 Å². The van der Waals surface area contributed by atoms with Gasteiger partial charge in [0.25, 0.3) is 0 Å². The number of anilines is 1. The van der Waals surface area contributed by atoms with Gasteiger partial charge in [-0.2, -0.15) is 0 Å². The Balaban J connectivity index is 1.53. The molecule has 0 saturated heterocycles. The molecule has 2 N–H and O–H groups in total. The second-order valence-electron chi connectivity index (χ2n) is 5.16. The average molecular weight is 323 g/mol. The van der Waals surface area contributed by atoms with Gasteiger partial charge in [-0.25, -0.2) is 9.97 Å². The maximum absolute atomic E-state index is 5.28. The number of rotatable bonds is 4. The summed E-state index contributed by atoms with van der Waals surface area (Å²) in [4.78, 5) is 8.31. The van der Waals surface area contributed by atoms with Gasteiger partial charge < -0.3 is 15.2 Å². The van der Waals surface area contributed by atoms with E-state index in [-0.39, 0.29) is 0 Å². The number of imidazole rings is 1. The first-order valence-electron chi connectivity index (χ1n) is 7.25. The molecule has 0 bridgehead atoms. The maximum atomic E-state index is 5.28. The number of aryl methyl sites for hydroxylation is 1. The van der Waals surface area contributed by atoms with Crippen LogP contribution < -0.4 is 10.6 Å². The molecule has 3 aromatic rings. The quantitative estimate of drug-likeness (QED) is 0.723. The van der Waals surface area contributed by atoms with Crippen LogP contribution in [0.2, 0.25) is 0 Å². The molecule has 2 aromatic heterocycles. The maximum Gasteiger partial charge on any atom is 0.172 e. The minimum Gasteiger partial charge on any atom is -0.358 e. The van der Waals surface area contributed by atoms with Crippen molar-refractivity contribution < 1.29 is 0 Å². The molecule has 0 aliphatic carbocycles. The molecule has 0 radical (unpaired) electrons. The summed E-state index contributed by atoms with van der Waals surface area (Å²) in [6, 6.07) is 12.1. The molecule has 5 nitrogen and oxygen atoms in total. The fourth-order valence-electron chi connectivity index (χ4n) is 2.08. The largest absolute Gasteiger partial charge is 0.358 e. The molecule has 0 fully saturated rings. The first-order chi connectivity index (χ1) is 11.2. The summed E-state index contributed by atoms with van der Waals surface area (Å²) >= 11 is 5.28. The van der Waals surface area contributed by atoms with Crippen molar-refractivity contribution in [2.24, 2.45) is 0 Å². The fraction of sp³-hybridized carbons (Fsp3) is 0.118. The highest BCUT2D eigenvalue weighted by Crippen LogP contribution is 2.09. The highest BCUT2D eigenvalue weighted by Gasteiger charge is 2.00. The van der Waals surface area contributed by atoms with Crippen molar-refractivity contribution in [2.75, 3.05) is 5.32 Å². The molecule has 23 heavy (non-hydrogen) atoms. The van der Waals surface area contributed by atoms with Crippen molar-refractivity contribution in [3.8, 4) is 5.69 Å². The third kappa shape index (κ3) is 4.14. The summed E-state index contributed by atoms with van der Waals surface area (Å²) in [6.07, 6.45) is 7.26. The molecular weight excluding hydrogens is 306 g/mol. The van der Waals surface area contributed by atoms with Crippen LogP contribution >= 0.6 is 12.2 Å². The zero-order valence-electron chi connectivity index (χ0n) is 12.7. The number of nitrogens with one attached hydrogen (secondary N) is 2. The lowest BCUT2D eigenvalue weighted by Crippen LogP contribution is -2.28. The Morgan fingerprint density at radius 3 is 2.65 bits per heavy atom. The Morgan fingerprint density at radius 2 is 2.00 bits per heavy atom. The minimum absolute atomic E-state index is 0.556. The first-order valence-corrected chi connectivity index (χ1v) is 7.66. The standard InChI is InChI=1S/C17H17N5S/c1-13-2-7-16(19-10-13)21-17(23)20-11-14-3-5-15(6-4-14)22-9-8-18-12-22/h2-10,12H,11H2,1H3,(H2,19,20,21,23). The predicted molar refractivity (Wildman–Crippen MR) is 95.6 cm³/mol. The monoisotopic (exact) mass is 323 g/mol. The Bertz CT molecular complexity index is 764. The smallest absolute Gasteiger partial charge is 0.172 e. The van der Waals surface area contributed by atoms with Gasteiger partial charge >= 0.3 is 0 Å². The Morgan fingerprint density at radius 1 is 1.17 bits per heavy atom. The van der Waals surface area contributed by atoms with E-state index in [9.17, 15) is 0 Å². The van der Waals surface area contributed by atoms with Gasteiger partial charge in [0.2, 0.25) is 0 Å². The Kier molecular flexibility index (Phi) is 4.63. The summed E-state index contributed by atoms with van der Waals surface area (Å²) in [5.74, 6) is 0.739. The van der Waals surface area contributed by atoms with Gasteiger partial charge in [-0.05, 0) is 48.5 Å². The van der Waals surface area contributed by atoms with Crippen LogP contribution in [-0.4, -0.2) is 19.6 Å². The first kappa shape index (κ1) is 15.2. The van der Waals surface area contributed by atoms with E-state index in [4.69, 9.17) is 12.2 Å². The molecule has 3 rings (SSSR count). The van der Waals surface area contributed by atoms with E-state index in [1.54, 1.807) is 18.7 Å². The van der Waals surface area contributed by atoms with E-state index in [2.05, 4.69) is 44.9 Å². The zero-order chi connectivity index (χ0) is 16.1. The summed E-state index contributed by atoms with van der Waals surface area (Å²) in [6.45, 7) is 2.66. The molecule has 0 atom stereocenters. The van der Waals surface area contributed by atoms with E-state index in [0.717, 1.165) is 22.6 Å². The average Bonchev–Trinajstić information content (AvgIpc) is 3.10. The molecular formula is C17H17N5S. The highest BCUT2D eigenvalue weighted by molar-refractivity contribution is 7.80. The molecule has 0 aliphatic rings. The second-order valence-corrected chi connectivity index (χ2v) is 5.57. The lowest BCUT2D eigenvalue weighted by atomic mass is 10.2. The number of thiocarbonyl (C=S) groups is 1. The van der Waals surface area contributed by atoms with E-state index < -0.39 is 0 Å². The van der Waals surface area contributed by atoms with Crippen LogP contribution in [0, 0.1) is 6.92 Å². The van der Waals surface area contributed by atoms with Crippen LogP contribution in [0.4, 0.5) is 5.82 Å². The molecule has 6 heteroatoms. The number of aromatic nitrogens is 3. The number of benzene rings is 1. The van der Waals surface area contributed by atoms with Crippen LogP contribution in [0.15, 0.2) is 61.3 Å². The number of pyridine rings is 1. The third-order valence-corrected chi connectivity index (χ3v) is 3.59. The molecule has 116 valence electrons. The van der Waals surface area contributed by atoms with Crippen LogP contribution in [0.25, 0.3) is 5.69 Å². The molecule has 2 heterocycles. The van der Waals surface area contributed by atoms with Crippen molar-refractivity contribution in [2.45, 2.75) is 13.5 Å². The van der Waals surface area contributed by atoms with Gasteiger partial charge in [0.15, 0.2) is 5.11 Å². The highest BCUT2D eigenvalue weighted by atomic mass is 32.1. The van der Waals surface area contributed by atoms with Crippen molar-refractivity contribution in [1.29, 1.82) is 0 Å². The van der Waals surface area contributed by atoms with E-state index >= 15 is 0 Å². The van der Waals surface area contributed by atoms with E-state index in [1.807, 2.05) is 29.8 Å². The van der Waals surface area contributed by atoms with Crippen LogP contribution in [-0.2, 0) is 6.54 Å². The summed E-state index contributed by atoms with van der Waals surface area (Å²) in [5.41, 5.74) is 3.35. The fourth-order valence-corrected chi connectivity index (χ4v) is 2.26. The normalized spacial score (nSPS) is 10.3. The Hall–Kier alpha value is -2.73. The van der Waals surface area contributed by atoms with Gasteiger partial charge in [0.1, 0.15) is 5.82 Å². The SMILES string of the molecule is Cc1ccc(NC(=S)NCc2ccc(-n3ccnc3)cc2)nc1. The molecule has 0 amide bonds. The zero-order valence-corrected chi connectivity index (χ0v) is 13.5. The molecule has 0 saturated carbocycles. The molecule has 0 unspecified atom stereocenters. The van der Waals surface area contributed by atoms with Crippen molar-refractivity contribution in [3.63, 3.8) is 0 Å². The molecule has 0 aliphatic heterocycles. The topological polar surface area (TPSA) is 54.8 Å². The van der Waals surface area contributed by atoms with Gasteiger partial charge in [-0.15, -0.1) is 0 Å². The van der Waals surface area contributed by atoms with E-state index in [1.165, 1.54) is 0 Å². The lowest BCUT2D eigenvalue weighted by Gasteiger charge is -2.10. The number of hydrogen-bond acceptors (Lipinski definition) is 3. The van der Waals surface area contributed by atoms with Crippen LogP contribution in [0.1, 0.15) is 11.1 Å². The molecule has 0 spiro atoms. The number of nitrogens with zero attached hydrogens (tertiary/aromatic N) is 3. The van der Waals surface area contributed by atoms with Gasteiger partial charge in [-0.3, -0.25) is 0 Å². The summed E-state index contributed by atoms with van der Waals surface area (Å²) < 4.78 is 1.96. The Labute approximate surface area is 140 Å². The van der Waals surface area contributed by atoms with Crippen LogP contribution in [0.3, 0.4) is 0 Å². The predicted octanol–water partition coefficient (Wildman–Crippen LogP) is 3.06. The van der Waals surface area contributed by atoms with E-state index in [0.29, 0.717) is 11.7 Å². The summed E-state index contributed by atoms with van der Waals surface area (Å²) in [5, 5.41) is 6.80.